The number of thiocarbonyl (C=S) groups is 1. The average Bonchev–Trinajstić information content (AvgIpc) is 2.75. The molecular weight excluding hydrogens is 436 g/mol. The van der Waals surface area contributed by atoms with Crippen molar-refractivity contribution in [3.63, 3.8) is 0 Å². The molecule has 0 radical (unpaired) electrons. The molecule has 0 saturated carbocycles. The molecule has 0 fully saturated rings. The van der Waals surface area contributed by atoms with E-state index in [9.17, 15) is 4.79 Å². The van der Waals surface area contributed by atoms with Crippen molar-refractivity contribution in [1.82, 2.24) is 10.2 Å². The van der Waals surface area contributed by atoms with Gasteiger partial charge in [-0.15, -0.1) is 0 Å². The molecule has 33 heavy (non-hydrogen) atoms. The standard InChI is InChI=1S/C25H34N4O3S/c1-25(2,3)32-24(30)28-21(18-31-17-20-13-8-5-9-14-20)22(26)29(23(27)33)16-10-15-19-11-6-4-7-12-19/h4-9,11-14,21,26H,10,15-18H2,1-3H3,(H2,27,33)(H,28,30). The molecule has 1 unspecified atom stereocenters. The summed E-state index contributed by atoms with van der Waals surface area (Å²) in [5.74, 6) is 0.0643. The number of carbonyl (C=O) groups excluding carboxylic acids is 1. The number of amidine groups is 1. The lowest BCUT2D eigenvalue weighted by atomic mass is 10.1. The predicted molar refractivity (Wildman–Crippen MR) is 135 cm³/mol. The van der Waals surface area contributed by atoms with Crippen LogP contribution in [0.15, 0.2) is 60.7 Å². The fraction of sp³-hybridized carbons (Fsp3) is 0.400. The molecule has 0 aliphatic rings. The zero-order chi connectivity index (χ0) is 24.3. The first-order valence-corrected chi connectivity index (χ1v) is 11.4. The lowest BCUT2D eigenvalue weighted by molar-refractivity contribution is 0.0463. The van der Waals surface area contributed by atoms with E-state index >= 15 is 0 Å². The second-order valence-corrected chi connectivity index (χ2v) is 9.08. The molecule has 0 aliphatic heterocycles. The topological polar surface area (TPSA) is 101 Å². The Morgan fingerprint density at radius 3 is 2.21 bits per heavy atom. The van der Waals surface area contributed by atoms with Crippen LogP contribution in [0.25, 0.3) is 0 Å². The fourth-order valence-corrected chi connectivity index (χ4v) is 3.32. The number of hydrogen-bond donors (Lipinski definition) is 3. The van der Waals surface area contributed by atoms with Crippen molar-refractivity contribution in [2.45, 2.75) is 51.9 Å². The monoisotopic (exact) mass is 470 g/mol. The van der Waals surface area contributed by atoms with E-state index in [0.29, 0.717) is 13.2 Å². The Morgan fingerprint density at radius 1 is 1.09 bits per heavy atom. The van der Waals surface area contributed by atoms with Gasteiger partial charge >= 0.3 is 6.09 Å². The van der Waals surface area contributed by atoms with Crippen LogP contribution in [0.4, 0.5) is 4.79 Å². The quantitative estimate of drug-likeness (QED) is 0.273. The number of nitrogens with one attached hydrogen (secondary N) is 2. The number of amides is 1. The number of nitrogens with zero attached hydrogens (tertiary/aromatic N) is 1. The van der Waals surface area contributed by atoms with E-state index in [1.807, 2.05) is 48.5 Å². The summed E-state index contributed by atoms with van der Waals surface area (Å²) >= 11 is 5.21. The Hall–Kier alpha value is -2.97. The Labute approximate surface area is 201 Å². The van der Waals surface area contributed by atoms with Gasteiger partial charge in [0.05, 0.1) is 13.2 Å². The van der Waals surface area contributed by atoms with Crippen molar-refractivity contribution in [3.05, 3.63) is 71.8 Å². The summed E-state index contributed by atoms with van der Waals surface area (Å²) in [5.41, 5.74) is 7.46. The number of nitrogens with two attached hydrogens (primary N) is 1. The maximum atomic E-state index is 12.4. The first kappa shape index (κ1) is 26.3. The van der Waals surface area contributed by atoms with Crippen molar-refractivity contribution >= 4 is 29.3 Å². The molecule has 0 aromatic heterocycles. The number of carbonyl (C=O) groups is 1. The molecule has 178 valence electrons. The molecule has 2 aromatic carbocycles. The zero-order valence-corrected chi connectivity index (χ0v) is 20.4. The third-order valence-corrected chi connectivity index (χ3v) is 4.88. The molecule has 2 aromatic rings. The zero-order valence-electron chi connectivity index (χ0n) is 19.5. The molecular formula is C25H34N4O3S. The van der Waals surface area contributed by atoms with Gasteiger partial charge in [-0.05, 0) is 57.0 Å². The molecule has 0 aliphatic carbocycles. The van der Waals surface area contributed by atoms with Crippen LogP contribution in [0.1, 0.15) is 38.3 Å². The summed E-state index contributed by atoms with van der Waals surface area (Å²) in [6.45, 7) is 6.22. The van der Waals surface area contributed by atoms with Crippen molar-refractivity contribution in [2.75, 3.05) is 13.2 Å². The Balaban J connectivity index is 2.04. The highest BCUT2D eigenvalue weighted by Gasteiger charge is 2.26. The van der Waals surface area contributed by atoms with Crippen LogP contribution in [-0.4, -0.2) is 46.7 Å². The molecule has 7 nitrogen and oxygen atoms in total. The van der Waals surface area contributed by atoms with E-state index in [1.54, 1.807) is 20.8 Å². The SMILES string of the molecule is CC(C)(C)OC(=O)NC(COCc1ccccc1)C(=N)N(CCCc1ccccc1)C(N)=S. The number of aryl methyl sites for hydroxylation is 1. The average molecular weight is 471 g/mol. The van der Waals surface area contributed by atoms with E-state index in [1.165, 1.54) is 10.5 Å². The Bertz CT molecular complexity index is 901. The summed E-state index contributed by atoms with van der Waals surface area (Å²) in [6.07, 6.45) is 0.933. The van der Waals surface area contributed by atoms with Gasteiger partial charge in [-0.2, -0.15) is 0 Å². The lowest BCUT2D eigenvalue weighted by Crippen LogP contribution is -2.54. The van der Waals surface area contributed by atoms with E-state index in [2.05, 4.69) is 17.4 Å². The van der Waals surface area contributed by atoms with Crippen LogP contribution in [0.2, 0.25) is 0 Å². The first-order valence-electron chi connectivity index (χ1n) is 11.0. The van der Waals surface area contributed by atoms with Gasteiger partial charge < -0.3 is 25.4 Å². The van der Waals surface area contributed by atoms with Crippen LogP contribution in [0.5, 0.6) is 0 Å². The minimum Gasteiger partial charge on any atom is -0.444 e. The molecule has 0 bridgehead atoms. The Morgan fingerprint density at radius 2 is 1.67 bits per heavy atom. The second-order valence-electron chi connectivity index (χ2n) is 8.66. The van der Waals surface area contributed by atoms with E-state index in [4.69, 9.17) is 32.8 Å². The normalized spacial score (nSPS) is 12.0. The summed E-state index contributed by atoms with van der Waals surface area (Å²) in [6, 6.07) is 19.0. The van der Waals surface area contributed by atoms with Gasteiger partial charge in [-0.3, -0.25) is 5.41 Å². The highest BCUT2D eigenvalue weighted by molar-refractivity contribution is 7.80. The summed E-state index contributed by atoms with van der Waals surface area (Å²) in [5, 5.41) is 11.5. The molecule has 1 amide bonds. The largest absolute Gasteiger partial charge is 0.444 e. The molecule has 0 heterocycles. The minimum atomic E-state index is -0.776. The van der Waals surface area contributed by atoms with E-state index < -0.39 is 17.7 Å². The van der Waals surface area contributed by atoms with Crippen LogP contribution >= 0.6 is 12.2 Å². The summed E-state index contributed by atoms with van der Waals surface area (Å²) in [7, 11) is 0. The van der Waals surface area contributed by atoms with Crippen molar-refractivity contribution in [2.24, 2.45) is 5.73 Å². The fourth-order valence-electron chi connectivity index (χ4n) is 3.13. The van der Waals surface area contributed by atoms with Gasteiger partial charge in [0, 0.05) is 6.54 Å². The van der Waals surface area contributed by atoms with Crippen LogP contribution in [-0.2, 0) is 22.5 Å². The predicted octanol–water partition coefficient (Wildman–Crippen LogP) is 4.25. The highest BCUT2D eigenvalue weighted by Crippen LogP contribution is 2.10. The molecule has 4 N–H and O–H groups in total. The van der Waals surface area contributed by atoms with Gasteiger partial charge in [-0.25, -0.2) is 4.79 Å². The summed E-state index contributed by atoms with van der Waals surface area (Å²) in [4.78, 5) is 14.0. The first-order chi connectivity index (χ1) is 15.7. The van der Waals surface area contributed by atoms with Crippen molar-refractivity contribution in [3.8, 4) is 0 Å². The summed E-state index contributed by atoms with van der Waals surface area (Å²) < 4.78 is 11.2. The number of hydrogen-bond acceptors (Lipinski definition) is 5. The second kappa shape index (κ2) is 12.9. The minimum absolute atomic E-state index is 0.0643. The lowest BCUT2D eigenvalue weighted by Gasteiger charge is -2.30. The van der Waals surface area contributed by atoms with Crippen LogP contribution < -0.4 is 11.1 Å². The molecule has 0 saturated heterocycles. The van der Waals surface area contributed by atoms with Gasteiger partial charge in [0.1, 0.15) is 17.5 Å². The third-order valence-electron chi connectivity index (χ3n) is 4.66. The van der Waals surface area contributed by atoms with Gasteiger partial charge in [0.2, 0.25) is 0 Å². The van der Waals surface area contributed by atoms with Crippen LogP contribution in [0, 0.1) is 5.41 Å². The number of benzene rings is 2. The van der Waals surface area contributed by atoms with E-state index in [-0.39, 0.29) is 17.6 Å². The Kier molecular flexibility index (Phi) is 10.3. The molecule has 0 spiro atoms. The van der Waals surface area contributed by atoms with Crippen molar-refractivity contribution < 1.29 is 14.3 Å². The molecule has 2 rings (SSSR count). The van der Waals surface area contributed by atoms with Gasteiger partial charge in [0.25, 0.3) is 0 Å². The van der Waals surface area contributed by atoms with E-state index in [0.717, 1.165) is 18.4 Å². The van der Waals surface area contributed by atoms with Gasteiger partial charge in [-0.1, -0.05) is 60.7 Å². The van der Waals surface area contributed by atoms with Gasteiger partial charge in [0.15, 0.2) is 5.11 Å². The van der Waals surface area contributed by atoms with Crippen LogP contribution in [0.3, 0.4) is 0 Å². The molecule has 8 heteroatoms. The number of alkyl carbamates (subject to hydrolysis) is 1. The number of rotatable bonds is 10. The smallest absolute Gasteiger partial charge is 0.408 e. The number of ether oxygens (including phenoxy) is 2. The van der Waals surface area contributed by atoms with Crippen molar-refractivity contribution in [1.29, 1.82) is 5.41 Å². The molecule has 1 atom stereocenters. The maximum Gasteiger partial charge on any atom is 0.408 e. The third kappa shape index (κ3) is 10.0. The highest BCUT2D eigenvalue weighted by atomic mass is 32.1. The maximum absolute atomic E-state index is 12.4.